The lowest BCUT2D eigenvalue weighted by atomic mass is 10.0. The molecule has 0 radical (unpaired) electrons. The molecule has 5 rings (SSSR count). The van der Waals surface area contributed by atoms with Gasteiger partial charge in [0.2, 0.25) is 5.60 Å². The first-order chi connectivity index (χ1) is 19.5. The van der Waals surface area contributed by atoms with Crippen LogP contribution in [0.5, 0.6) is 0 Å². The van der Waals surface area contributed by atoms with Gasteiger partial charge in [-0.2, -0.15) is 0 Å². The normalized spacial score (nSPS) is 19.0. The maximum absolute atomic E-state index is 13.2. The second-order valence-electron chi connectivity index (χ2n) is 9.76. The van der Waals surface area contributed by atoms with Crippen LogP contribution in [-0.4, -0.2) is 67.2 Å². The topological polar surface area (TPSA) is 191 Å². The second kappa shape index (κ2) is 10.8. The number of carboxylic acid groups (broad SMARTS) is 2. The molecule has 2 aromatic heterocycles. The van der Waals surface area contributed by atoms with E-state index in [2.05, 4.69) is 15.5 Å². The number of carboxylic acids is 2. The number of oxime groups is 1. The van der Waals surface area contributed by atoms with E-state index in [1.54, 1.807) is 0 Å². The largest absolute Gasteiger partial charge is 0.543 e. The number of aromatic nitrogens is 2. The molecule has 1 saturated heterocycles. The number of aliphatic carboxylic acids is 2. The van der Waals surface area contributed by atoms with E-state index in [0.29, 0.717) is 5.57 Å². The molecule has 2 amide bonds. The van der Waals surface area contributed by atoms with Gasteiger partial charge < -0.3 is 30.9 Å². The standard InChI is InChI=1S/C26H24N6O7S2/c1-26(2,24(37)38)39-30-17(16-12-41-25(27)28-16)20(33)29-18-21(34)32-19(23(35)36)15(11-40-22(18)32)10-31-8-7-13-5-3-4-6-14(13)9-31/h3-9,12,18,22H,10-11H2,1-2H3,(H4-,27,28,29,33,35,36,37,38)/t18?,22-/m0/s1. The first-order valence-corrected chi connectivity index (χ1v) is 14.2. The predicted molar refractivity (Wildman–Crippen MR) is 147 cm³/mol. The van der Waals surface area contributed by atoms with Crippen LogP contribution >= 0.6 is 23.1 Å². The van der Waals surface area contributed by atoms with Gasteiger partial charge >= 0.3 is 5.97 Å². The zero-order valence-corrected chi connectivity index (χ0v) is 23.4. The number of β-lactam (4-membered cyclic amide) rings is 1. The predicted octanol–water partition coefficient (Wildman–Crippen LogP) is -0.146. The molecule has 1 unspecified atom stereocenters. The lowest BCUT2D eigenvalue weighted by Gasteiger charge is -2.50. The molecule has 3 aromatic rings. The molecule has 2 aliphatic heterocycles. The van der Waals surface area contributed by atoms with Crippen molar-refractivity contribution in [3.63, 3.8) is 0 Å². The van der Waals surface area contributed by atoms with E-state index in [0.717, 1.165) is 27.0 Å². The monoisotopic (exact) mass is 596 g/mol. The molecule has 0 bridgehead atoms. The Morgan fingerprint density at radius 1 is 1.29 bits per heavy atom. The number of anilines is 1. The number of thioether (sulfide) groups is 1. The fourth-order valence-corrected chi connectivity index (χ4v) is 6.18. The summed E-state index contributed by atoms with van der Waals surface area (Å²) in [4.78, 5) is 60.2. The van der Waals surface area contributed by atoms with Gasteiger partial charge in [0.25, 0.3) is 11.8 Å². The highest BCUT2D eigenvalue weighted by molar-refractivity contribution is 8.00. The quantitative estimate of drug-likeness (QED) is 0.130. The minimum atomic E-state index is -1.76. The Balaban J connectivity index is 1.36. The number of amides is 2. The first kappa shape index (κ1) is 28.0. The lowest BCUT2D eigenvalue weighted by Crippen LogP contribution is -2.71. The average Bonchev–Trinajstić information content (AvgIpc) is 3.36. The van der Waals surface area contributed by atoms with Gasteiger partial charge in [-0.15, -0.1) is 23.1 Å². The highest BCUT2D eigenvalue weighted by Crippen LogP contribution is 2.40. The van der Waals surface area contributed by atoms with Gasteiger partial charge in [-0.05, 0) is 25.3 Å². The molecule has 0 saturated carbocycles. The Kier molecular flexibility index (Phi) is 7.40. The van der Waals surface area contributed by atoms with E-state index in [-0.39, 0.29) is 34.5 Å². The fourth-order valence-electron chi connectivity index (χ4n) is 4.30. The highest BCUT2D eigenvalue weighted by atomic mass is 32.2. The number of carbonyl (C=O) groups excluding carboxylic acids is 3. The molecule has 41 heavy (non-hydrogen) atoms. The van der Waals surface area contributed by atoms with E-state index >= 15 is 0 Å². The number of hydrogen-bond donors (Lipinski definition) is 3. The molecule has 13 nitrogen and oxygen atoms in total. The Morgan fingerprint density at radius 2 is 2.02 bits per heavy atom. The number of hydrogen-bond acceptors (Lipinski definition) is 11. The van der Waals surface area contributed by atoms with E-state index in [1.165, 1.54) is 31.0 Å². The third-order valence-corrected chi connectivity index (χ3v) is 8.52. The zero-order valence-electron chi connectivity index (χ0n) is 21.8. The Morgan fingerprint density at radius 3 is 2.68 bits per heavy atom. The minimum Gasteiger partial charge on any atom is -0.543 e. The maximum Gasteiger partial charge on any atom is 0.350 e. The number of nitrogens with one attached hydrogen (secondary N) is 1. The zero-order chi connectivity index (χ0) is 29.5. The molecule has 4 heterocycles. The summed E-state index contributed by atoms with van der Waals surface area (Å²) in [5, 5.41) is 30.7. The van der Waals surface area contributed by atoms with Crippen molar-refractivity contribution in [1.29, 1.82) is 0 Å². The van der Waals surface area contributed by atoms with Crippen LogP contribution in [0.25, 0.3) is 10.8 Å². The van der Waals surface area contributed by atoms with Crippen molar-refractivity contribution in [3.05, 3.63) is 65.1 Å². The van der Waals surface area contributed by atoms with Crippen LogP contribution in [0, 0.1) is 0 Å². The summed E-state index contributed by atoms with van der Waals surface area (Å²) in [6.07, 6.45) is 3.73. The summed E-state index contributed by atoms with van der Waals surface area (Å²) in [6, 6.07) is 8.60. The SMILES string of the molecule is CC(C)(ON=C(C(=O)NC1C(=O)N2C(C(=O)[O-])=C(C[n+]3ccc4ccccc4c3)CS[C@@H]12)c1csc(N)n1)C(=O)O. The van der Waals surface area contributed by atoms with Crippen LogP contribution in [0.3, 0.4) is 0 Å². The third kappa shape index (κ3) is 5.45. The van der Waals surface area contributed by atoms with Crippen molar-refractivity contribution in [1.82, 2.24) is 15.2 Å². The number of nitrogens with zero attached hydrogens (tertiary/aromatic N) is 4. The fraction of sp³-hybridized carbons (Fsp3) is 0.269. The Bertz CT molecular complexity index is 1650. The van der Waals surface area contributed by atoms with Crippen LogP contribution in [0.15, 0.2) is 64.5 Å². The highest BCUT2D eigenvalue weighted by Gasteiger charge is 2.53. The van der Waals surface area contributed by atoms with Gasteiger partial charge in [-0.25, -0.2) is 14.3 Å². The van der Waals surface area contributed by atoms with Crippen molar-refractivity contribution in [3.8, 4) is 0 Å². The summed E-state index contributed by atoms with van der Waals surface area (Å²) < 4.78 is 1.84. The van der Waals surface area contributed by atoms with Crippen molar-refractivity contribution in [2.75, 3.05) is 11.5 Å². The number of nitrogens with two attached hydrogens (primary N) is 1. The van der Waals surface area contributed by atoms with Crippen molar-refractivity contribution in [2.45, 2.75) is 37.4 Å². The molecule has 4 N–H and O–H groups in total. The Hall–Kier alpha value is -4.50. The molecule has 15 heteroatoms. The van der Waals surface area contributed by atoms with Gasteiger partial charge in [0, 0.05) is 28.2 Å². The summed E-state index contributed by atoms with van der Waals surface area (Å²) >= 11 is 2.32. The van der Waals surface area contributed by atoms with Crippen molar-refractivity contribution >= 4 is 68.5 Å². The number of benzene rings is 1. The van der Waals surface area contributed by atoms with Crippen molar-refractivity contribution < 1.29 is 38.8 Å². The lowest BCUT2D eigenvalue weighted by molar-refractivity contribution is -0.687. The average molecular weight is 597 g/mol. The summed E-state index contributed by atoms with van der Waals surface area (Å²) in [7, 11) is 0. The number of carbonyl (C=O) groups is 4. The van der Waals surface area contributed by atoms with Crippen LogP contribution in [0.1, 0.15) is 19.5 Å². The minimum absolute atomic E-state index is 0.0242. The molecule has 2 atom stereocenters. The molecule has 212 valence electrons. The van der Waals surface area contributed by atoms with Gasteiger partial charge in [0.1, 0.15) is 17.1 Å². The smallest absolute Gasteiger partial charge is 0.350 e. The summed E-state index contributed by atoms with van der Waals surface area (Å²) in [6.45, 7) is 2.72. The van der Waals surface area contributed by atoms with E-state index in [1.807, 2.05) is 47.3 Å². The van der Waals surface area contributed by atoms with Crippen LogP contribution < -0.4 is 20.7 Å². The Labute approximate surface area is 241 Å². The maximum atomic E-state index is 13.2. The van der Waals surface area contributed by atoms with E-state index < -0.39 is 40.8 Å². The third-order valence-electron chi connectivity index (χ3n) is 6.51. The number of nitrogen functional groups attached to an aromatic ring is 1. The number of pyridine rings is 1. The molecule has 1 fully saturated rings. The van der Waals surface area contributed by atoms with E-state index in [9.17, 15) is 29.4 Å². The second-order valence-corrected chi connectivity index (χ2v) is 11.8. The number of rotatable bonds is 9. The molecular weight excluding hydrogens is 572 g/mol. The van der Waals surface area contributed by atoms with Gasteiger partial charge in [-0.1, -0.05) is 23.4 Å². The van der Waals surface area contributed by atoms with Gasteiger partial charge in [0.05, 0.1) is 11.7 Å². The molecule has 0 spiro atoms. The number of fused-ring (bicyclic) bond motifs is 2. The molecular formula is C26H24N6O7S2. The van der Waals surface area contributed by atoms with Gasteiger partial charge in [-0.3, -0.25) is 14.5 Å². The van der Waals surface area contributed by atoms with Gasteiger partial charge in [0.15, 0.2) is 29.8 Å². The molecule has 0 aliphatic carbocycles. The molecule has 1 aromatic carbocycles. The van der Waals surface area contributed by atoms with Crippen LogP contribution in [0.2, 0.25) is 0 Å². The van der Waals surface area contributed by atoms with Crippen LogP contribution in [0.4, 0.5) is 5.13 Å². The summed E-state index contributed by atoms with van der Waals surface area (Å²) in [5.41, 5.74) is 3.83. The summed E-state index contributed by atoms with van der Waals surface area (Å²) in [5.74, 6) is -4.04. The van der Waals surface area contributed by atoms with Crippen LogP contribution in [-0.2, 0) is 30.6 Å². The first-order valence-electron chi connectivity index (χ1n) is 12.2. The van der Waals surface area contributed by atoms with Crippen molar-refractivity contribution in [2.24, 2.45) is 5.16 Å². The van der Waals surface area contributed by atoms with E-state index in [4.69, 9.17) is 10.6 Å². The number of thiazole rings is 1. The molecule has 2 aliphatic rings.